The molecule has 2 rings (SSSR count). The number of rotatable bonds is 9. The van der Waals surface area contributed by atoms with Gasteiger partial charge in [-0.1, -0.05) is 94.4 Å². The molecular weight excluding hydrogens is 524 g/mol. The number of hydrogen-bond donors (Lipinski definition) is 0. The second-order valence-corrected chi connectivity index (χ2v) is 12.8. The average Bonchev–Trinajstić information content (AvgIpc) is 2.77. The van der Waals surface area contributed by atoms with Crippen molar-refractivity contribution < 1.29 is 28.5 Å². The molecule has 0 spiro atoms. The Morgan fingerprint density at radius 3 is 1.69 bits per heavy atom. The van der Waals surface area contributed by atoms with Crippen molar-refractivity contribution in [3.63, 3.8) is 0 Å². The van der Waals surface area contributed by atoms with Gasteiger partial charge in [-0.2, -0.15) is 0 Å². The van der Waals surface area contributed by atoms with Gasteiger partial charge in [0.05, 0.1) is 25.4 Å². The summed E-state index contributed by atoms with van der Waals surface area (Å²) in [5, 5.41) is 0. The number of ether oxygens (including phenoxy) is 4. The summed E-state index contributed by atoms with van der Waals surface area (Å²) in [5.41, 5.74) is -1.02. The fourth-order valence-corrected chi connectivity index (χ4v) is 5.39. The van der Waals surface area contributed by atoms with Crippen molar-refractivity contribution >= 4 is 27.9 Å². The van der Waals surface area contributed by atoms with Crippen LogP contribution in [0.25, 0.3) is 0 Å². The molecule has 7 heteroatoms. The van der Waals surface area contributed by atoms with E-state index in [4.69, 9.17) is 18.9 Å². The van der Waals surface area contributed by atoms with Gasteiger partial charge in [0, 0.05) is 18.8 Å². The smallest absolute Gasteiger partial charge is 0.324 e. The van der Waals surface area contributed by atoms with E-state index in [1.54, 1.807) is 13.8 Å². The standard InChI is InChI=1S/C29H43BrO6/c1-10-33-25(31)29(17-19(3)30,26(32)34-11-2)18-21-35-23(27(4,5)6)22(20-15-13-12-14-16-20)24(36-21)28(7,8)9/h12-16,21-24H,3,10-11,17-18H2,1-2,4-9H3/t21?,22?,23-,24-/m1/s1. The Bertz CT molecular complexity index is 857. The number of hydrogen-bond acceptors (Lipinski definition) is 6. The van der Waals surface area contributed by atoms with Gasteiger partial charge in [0.1, 0.15) is 0 Å². The zero-order valence-corrected chi connectivity index (χ0v) is 24.6. The third-order valence-corrected chi connectivity index (χ3v) is 6.76. The highest BCUT2D eigenvalue weighted by molar-refractivity contribution is 9.11. The van der Waals surface area contributed by atoms with Crippen LogP contribution in [-0.4, -0.2) is 43.7 Å². The van der Waals surface area contributed by atoms with Gasteiger partial charge in [-0.15, -0.1) is 0 Å². The monoisotopic (exact) mass is 566 g/mol. The van der Waals surface area contributed by atoms with Crippen LogP contribution < -0.4 is 0 Å². The average molecular weight is 568 g/mol. The molecule has 0 unspecified atom stereocenters. The number of carbonyl (C=O) groups excluding carboxylic acids is 2. The van der Waals surface area contributed by atoms with Gasteiger partial charge in [0.25, 0.3) is 0 Å². The van der Waals surface area contributed by atoms with Crippen LogP contribution in [0.15, 0.2) is 41.4 Å². The number of carbonyl (C=O) groups is 2. The number of benzene rings is 1. The third-order valence-electron chi connectivity index (χ3n) is 6.48. The third kappa shape index (κ3) is 7.20. The first-order chi connectivity index (χ1) is 16.7. The van der Waals surface area contributed by atoms with E-state index in [2.05, 4.69) is 76.2 Å². The number of esters is 2. The van der Waals surface area contributed by atoms with E-state index in [1.165, 1.54) is 0 Å². The van der Waals surface area contributed by atoms with Crippen molar-refractivity contribution in [2.75, 3.05) is 13.2 Å². The molecule has 6 nitrogen and oxygen atoms in total. The highest BCUT2D eigenvalue weighted by atomic mass is 79.9. The quantitative estimate of drug-likeness (QED) is 0.242. The molecule has 2 atom stereocenters. The fourth-order valence-electron chi connectivity index (χ4n) is 4.91. The van der Waals surface area contributed by atoms with Gasteiger partial charge >= 0.3 is 11.9 Å². The summed E-state index contributed by atoms with van der Waals surface area (Å²) in [6, 6.07) is 10.2. The maximum atomic E-state index is 13.3. The Morgan fingerprint density at radius 2 is 1.33 bits per heavy atom. The lowest BCUT2D eigenvalue weighted by Crippen LogP contribution is -2.56. The van der Waals surface area contributed by atoms with Gasteiger partial charge < -0.3 is 18.9 Å². The normalized spacial score (nSPS) is 23.1. The second kappa shape index (κ2) is 12.2. The highest BCUT2D eigenvalue weighted by Gasteiger charge is 2.55. The summed E-state index contributed by atoms with van der Waals surface area (Å²) in [7, 11) is 0. The molecule has 0 aromatic heterocycles. The number of allylic oxidation sites excluding steroid dienone is 1. The predicted octanol–water partition coefficient (Wildman–Crippen LogP) is 6.77. The van der Waals surface area contributed by atoms with Gasteiger partial charge in [-0.3, -0.25) is 9.59 Å². The van der Waals surface area contributed by atoms with E-state index in [0.717, 1.165) is 5.56 Å². The van der Waals surface area contributed by atoms with Gasteiger partial charge in [-0.05, 0) is 34.7 Å². The summed E-state index contributed by atoms with van der Waals surface area (Å²) in [6.45, 7) is 20.4. The Hall–Kier alpha value is -1.70. The second-order valence-electron chi connectivity index (χ2n) is 11.6. The van der Waals surface area contributed by atoms with E-state index in [1.807, 2.05) is 18.2 Å². The van der Waals surface area contributed by atoms with Gasteiger partial charge in [0.15, 0.2) is 11.7 Å². The molecule has 0 radical (unpaired) electrons. The van der Waals surface area contributed by atoms with Crippen LogP contribution in [-0.2, 0) is 28.5 Å². The van der Waals surface area contributed by atoms with Crippen molar-refractivity contribution in [1.82, 2.24) is 0 Å². The molecule has 1 aromatic carbocycles. The highest BCUT2D eigenvalue weighted by Crippen LogP contribution is 2.49. The Kier molecular flexibility index (Phi) is 10.4. The first-order valence-electron chi connectivity index (χ1n) is 12.7. The minimum atomic E-state index is -1.65. The summed E-state index contributed by atoms with van der Waals surface area (Å²) in [5.74, 6) is -1.38. The minimum absolute atomic E-state index is 0.0103. The molecular formula is C29H43BrO6. The van der Waals surface area contributed by atoms with Crippen molar-refractivity contribution in [2.45, 2.75) is 92.6 Å². The summed E-state index contributed by atoms with van der Waals surface area (Å²) >= 11 is 3.35. The summed E-state index contributed by atoms with van der Waals surface area (Å²) < 4.78 is 24.6. The van der Waals surface area contributed by atoms with Crippen LogP contribution in [0.4, 0.5) is 0 Å². The van der Waals surface area contributed by atoms with E-state index >= 15 is 0 Å². The summed E-state index contributed by atoms with van der Waals surface area (Å²) in [4.78, 5) is 26.7. The Morgan fingerprint density at radius 1 is 0.889 bits per heavy atom. The lowest BCUT2D eigenvalue weighted by molar-refractivity contribution is -0.297. The van der Waals surface area contributed by atoms with Crippen LogP contribution in [0, 0.1) is 16.2 Å². The molecule has 1 aliphatic heterocycles. The van der Waals surface area contributed by atoms with E-state index < -0.39 is 23.6 Å². The molecule has 1 aliphatic rings. The zero-order chi connectivity index (χ0) is 27.3. The topological polar surface area (TPSA) is 71.1 Å². The van der Waals surface area contributed by atoms with Gasteiger partial charge in [0.2, 0.25) is 0 Å². The molecule has 1 saturated heterocycles. The molecule has 0 N–H and O–H groups in total. The van der Waals surface area contributed by atoms with Crippen molar-refractivity contribution in [3.8, 4) is 0 Å². The van der Waals surface area contributed by atoms with Crippen molar-refractivity contribution in [3.05, 3.63) is 47.0 Å². The lowest BCUT2D eigenvalue weighted by atomic mass is 9.68. The van der Waals surface area contributed by atoms with Crippen LogP contribution in [0.2, 0.25) is 0 Å². The summed E-state index contributed by atoms with van der Waals surface area (Å²) in [6.07, 6.45) is -1.35. The minimum Gasteiger partial charge on any atom is -0.465 e. The van der Waals surface area contributed by atoms with Crippen molar-refractivity contribution in [2.24, 2.45) is 16.2 Å². The SMILES string of the molecule is C=C(Br)CC(CC1O[C@@H](C(C)(C)C)C(c2ccccc2)[C@H](C(C)(C)C)O1)(C(=O)OCC)C(=O)OCC. The van der Waals surface area contributed by atoms with Crippen LogP contribution >= 0.6 is 15.9 Å². The molecule has 36 heavy (non-hydrogen) atoms. The maximum absolute atomic E-state index is 13.3. The fraction of sp³-hybridized carbons (Fsp3) is 0.655. The maximum Gasteiger partial charge on any atom is 0.324 e. The predicted molar refractivity (Wildman–Crippen MR) is 145 cm³/mol. The lowest BCUT2D eigenvalue weighted by Gasteiger charge is -2.52. The Balaban J connectivity index is 2.60. The zero-order valence-electron chi connectivity index (χ0n) is 23.1. The molecule has 0 saturated carbocycles. The van der Waals surface area contributed by atoms with Crippen LogP contribution in [0.1, 0.15) is 79.7 Å². The molecule has 202 valence electrons. The molecule has 0 amide bonds. The molecule has 0 bridgehead atoms. The van der Waals surface area contributed by atoms with E-state index in [-0.39, 0.29) is 55.0 Å². The van der Waals surface area contributed by atoms with E-state index in [9.17, 15) is 9.59 Å². The van der Waals surface area contributed by atoms with E-state index in [0.29, 0.717) is 4.48 Å². The first kappa shape index (κ1) is 30.5. The molecule has 1 fully saturated rings. The molecule has 1 heterocycles. The van der Waals surface area contributed by atoms with Crippen LogP contribution in [0.3, 0.4) is 0 Å². The molecule has 0 aliphatic carbocycles. The largest absolute Gasteiger partial charge is 0.465 e. The van der Waals surface area contributed by atoms with Crippen molar-refractivity contribution in [1.29, 1.82) is 0 Å². The molecule has 1 aromatic rings. The van der Waals surface area contributed by atoms with Crippen LogP contribution in [0.5, 0.6) is 0 Å². The van der Waals surface area contributed by atoms with Gasteiger partial charge in [-0.25, -0.2) is 0 Å². The first-order valence-corrected chi connectivity index (χ1v) is 13.5. The Labute approximate surface area is 225 Å². The number of halogens is 1.